The summed E-state index contributed by atoms with van der Waals surface area (Å²) in [4.78, 5) is 4.02. The van der Waals surface area contributed by atoms with Crippen LogP contribution in [-0.2, 0) is 19.3 Å². The first-order valence-corrected chi connectivity index (χ1v) is 7.80. The van der Waals surface area contributed by atoms with Crippen molar-refractivity contribution in [1.82, 2.24) is 10.6 Å². The number of benzene rings is 2. The van der Waals surface area contributed by atoms with Gasteiger partial charge in [0.2, 0.25) is 0 Å². The van der Waals surface area contributed by atoms with Crippen LogP contribution in [0.15, 0.2) is 47.5 Å². The molecule has 0 unspecified atom stereocenters. The van der Waals surface area contributed by atoms with E-state index in [2.05, 4.69) is 15.6 Å². The molecule has 0 saturated heterocycles. The van der Waals surface area contributed by atoms with Crippen molar-refractivity contribution in [3.8, 4) is 11.5 Å². The number of aromatic hydroxyl groups is 1. The zero-order chi connectivity index (χ0) is 19.2. The molecule has 140 valence electrons. The molecule has 0 heterocycles. The van der Waals surface area contributed by atoms with E-state index in [0.717, 1.165) is 12.1 Å². The Hall–Kier alpha value is -2.90. The third kappa shape index (κ3) is 5.30. The summed E-state index contributed by atoms with van der Waals surface area (Å²) in [6, 6.07) is 9.93. The predicted octanol–water partition coefficient (Wildman–Crippen LogP) is 3.28. The Balaban J connectivity index is 1.97. The number of methoxy groups -OCH3 is 1. The molecule has 0 aliphatic heterocycles. The van der Waals surface area contributed by atoms with Crippen LogP contribution in [0.3, 0.4) is 0 Å². The first-order valence-electron chi connectivity index (χ1n) is 7.80. The molecule has 0 aliphatic rings. The number of phenols is 1. The molecule has 0 radical (unpaired) electrons. The van der Waals surface area contributed by atoms with Crippen molar-refractivity contribution in [1.29, 1.82) is 0 Å². The highest BCUT2D eigenvalue weighted by molar-refractivity contribution is 5.79. The average Bonchev–Trinajstić information content (AvgIpc) is 2.62. The molecule has 0 amide bonds. The number of nitrogens with zero attached hydrogens (tertiary/aromatic N) is 1. The van der Waals surface area contributed by atoms with Gasteiger partial charge in [-0.15, -0.1) is 0 Å². The fraction of sp³-hybridized carbons (Fsp3) is 0.278. The number of halogens is 3. The van der Waals surface area contributed by atoms with E-state index in [9.17, 15) is 18.3 Å². The lowest BCUT2D eigenvalue weighted by atomic mass is 10.1. The van der Waals surface area contributed by atoms with Crippen molar-refractivity contribution in [3.05, 3.63) is 59.2 Å². The van der Waals surface area contributed by atoms with Gasteiger partial charge in [-0.3, -0.25) is 4.99 Å². The summed E-state index contributed by atoms with van der Waals surface area (Å²) in [5, 5.41) is 15.8. The van der Waals surface area contributed by atoms with Crippen LogP contribution in [0.1, 0.15) is 16.7 Å². The van der Waals surface area contributed by atoms with Gasteiger partial charge in [0, 0.05) is 25.7 Å². The van der Waals surface area contributed by atoms with E-state index in [0.29, 0.717) is 22.8 Å². The quantitative estimate of drug-likeness (QED) is 0.561. The Morgan fingerprint density at radius 3 is 2.50 bits per heavy atom. The number of hydrogen-bond donors (Lipinski definition) is 3. The molecule has 0 saturated carbocycles. The van der Waals surface area contributed by atoms with Crippen LogP contribution in [-0.4, -0.2) is 25.2 Å². The summed E-state index contributed by atoms with van der Waals surface area (Å²) in [6.07, 6.45) is -4.38. The lowest BCUT2D eigenvalue weighted by Crippen LogP contribution is -2.36. The molecule has 0 spiro atoms. The van der Waals surface area contributed by atoms with Crippen LogP contribution in [0.2, 0.25) is 0 Å². The van der Waals surface area contributed by atoms with Crippen LogP contribution >= 0.6 is 0 Å². The number of ether oxygens (including phenoxy) is 1. The standard InChI is InChI=1S/C18H20F3N3O2/c1-22-17(24-11-13-9-15(26-2)6-7-16(13)25)23-10-12-4-3-5-14(8-12)18(19,20)21/h3-9,25H,10-11H2,1-2H3,(H2,22,23,24). The maximum absolute atomic E-state index is 12.8. The van der Waals surface area contributed by atoms with Crippen molar-refractivity contribution in [2.75, 3.05) is 14.2 Å². The van der Waals surface area contributed by atoms with Gasteiger partial charge in [-0.1, -0.05) is 12.1 Å². The van der Waals surface area contributed by atoms with Gasteiger partial charge in [0.1, 0.15) is 11.5 Å². The third-order valence-corrected chi connectivity index (χ3v) is 3.67. The van der Waals surface area contributed by atoms with Gasteiger partial charge < -0.3 is 20.5 Å². The highest BCUT2D eigenvalue weighted by Gasteiger charge is 2.30. The Kier molecular flexibility index (Phi) is 6.32. The lowest BCUT2D eigenvalue weighted by Gasteiger charge is -2.14. The average molecular weight is 367 g/mol. The van der Waals surface area contributed by atoms with Gasteiger partial charge in [0.15, 0.2) is 5.96 Å². The topological polar surface area (TPSA) is 65.9 Å². The molecule has 0 aromatic heterocycles. The highest BCUT2D eigenvalue weighted by Crippen LogP contribution is 2.29. The largest absolute Gasteiger partial charge is 0.508 e. The third-order valence-electron chi connectivity index (χ3n) is 3.67. The Morgan fingerprint density at radius 1 is 1.12 bits per heavy atom. The summed E-state index contributed by atoms with van der Waals surface area (Å²) >= 11 is 0. The van der Waals surface area contributed by atoms with Crippen LogP contribution in [0, 0.1) is 0 Å². The first kappa shape index (κ1) is 19.4. The summed E-state index contributed by atoms with van der Waals surface area (Å²) in [6.45, 7) is 0.443. The predicted molar refractivity (Wildman–Crippen MR) is 93.1 cm³/mol. The molecule has 2 rings (SSSR count). The Bertz CT molecular complexity index is 777. The number of alkyl halides is 3. The minimum absolute atomic E-state index is 0.103. The highest BCUT2D eigenvalue weighted by atomic mass is 19.4. The summed E-state index contributed by atoms with van der Waals surface area (Å²) in [7, 11) is 3.08. The van der Waals surface area contributed by atoms with Crippen LogP contribution in [0.5, 0.6) is 11.5 Å². The molecule has 26 heavy (non-hydrogen) atoms. The summed E-state index contributed by atoms with van der Waals surface area (Å²) in [5.41, 5.74) is 0.388. The molecule has 2 aromatic rings. The molecular formula is C18H20F3N3O2. The minimum Gasteiger partial charge on any atom is -0.508 e. The van der Waals surface area contributed by atoms with E-state index in [1.807, 2.05) is 0 Å². The maximum atomic E-state index is 12.8. The lowest BCUT2D eigenvalue weighted by molar-refractivity contribution is -0.137. The van der Waals surface area contributed by atoms with Crippen molar-refractivity contribution >= 4 is 5.96 Å². The zero-order valence-electron chi connectivity index (χ0n) is 14.4. The Morgan fingerprint density at radius 2 is 1.85 bits per heavy atom. The van der Waals surface area contributed by atoms with Gasteiger partial charge in [-0.25, -0.2) is 0 Å². The fourth-order valence-electron chi connectivity index (χ4n) is 2.27. The second-order valence-corrected chi connectivity index (χ2v) is 5.47. The van der Waals surface area contributed by atoms with Gasteiger partial charge in [0.25, 0.3) is 0 Å². The minimum atomic E-state index is -4.38. The van der Waals surface area contributed by atoms with E-state index in [1.165, 1.54) is 19.2 Å². The van der Waals surface area contributed by atoms with Crippen LogP contribution in [0.25, 0.3) is 0 Å². The molecule has 8 heteroatoms. The molecule has 5 nitrogen and oxygen atoms in total. The van der Waals surface area contributed by atoms with Gasteiger partial charge in [-0.2, -0.15) is 13.2 Å². The number of hydrogen-bond acceptors (Lipinski definition) is 3. The number of nitrogens with one attached hydrogen (secondary N) is 2. The molecule has 0 aliphatic carbocycles. The molecule has 0 bridgehead atoms. The van der Waals surface area contributed by atoms with Gasteiger partial charge in [0.05, 0.1) is 12.7 Å². The normalized spacial score (nSPS) is 12.0. The Labute approximate surface area is 149 Å². The van der Waals surface area contributed by atoms with Crippen molar-refractivity contribution < 1.29 is 23.0 Å². The second kappa shape index (κ2) is 8.46. The van der Waals surface area contributed by atoms with Gasteiger partial charge in [-0.05, 0) is 35.9 Å². The fourth-order valence-corrected chi connectivity index (χ4v) is 2.27. The monoisotopic (exact) mass is 367 g/mol. The first-order chi connectivity index (χ1) is 12.3. The number of guanidine groups is 1. The van der Waals surface area contributed by atoms with E-state index in [4.69, 9.17) is 4.74 Å². The smallest absolute Gasteiger partial charge is 0.416 e. The van der Waals surface area contributed by atoms with E-state index >= 15 is 0 Å². The number of rotatable bonds is 5. The van der Waals surface area contributed by atoms with Crippen molar-refractivity contribution in [2.45, 2.75) is 19.3 Å². The van der Waals surface area contributed by atoms with Crippen LogP contribution < -0.4 is 15.4 Å². The van der Waals surface area contributed by atoms with Crippen molar-refractivity contribution in [2.24, 2.45) is 4.99 Å². The SMILES string of the molecule is CN=C(NCc1cccc(C(F)(F)F)c1)NCc1cc(OC)ccc1O. The number of aliphatic imine (C=N–C) groups is 1. The van der Waals surface area contributed by atoms with E-state index in [1.54, 1.807) is 25.2 Å². The van der Waals surface area contributed by atoms with Gasteiger partial charge >= 0.3 is 6.18 Å². The molecule has 2 aromatic carbocycles. The second-order valence-electron chi connectivity index (χ2n) is 5.47. The molecule has 3 N–H and O–H groups in total. The maximum Gasteiger partial charge on any atom is 0.416 e. The van der Waals surface area contributed by atoms with E-state index in [-0.39, 0.29) is 18.8 Å². The van der Waals surface area contributed by atoms with Crippen molar-refractivity contribution in [3.63, 3.8) is 0 Å². The summed E-state index contributed by atoms with van der Waals surface area (Å²) < 4.78 is 43.4. The molecule has 0 fully saturated rings. The molecule has 0 atom stereocenters. The zero-order valence-corrected chi connectivity index (χ0v) is 14.4. The van der Waals surface area contributed by atoms with E-state index < -0.39 is 11.7 Å². The summed E-state index contributed by atoms with van der Waals surface area (Å²) in [5.74, 6) is 1.10. The number of phenolic OH excluding ortho intramolecular Hbond substituents is 1. The van der Waals surface area contributed by atoms with Crippen LogP contribution in [0.4, 0.5) is 13.2 Å². The molecular weight excluding hydrogens is 347 g/mol.